The van der Waals surface area contributed by atoms with E-state index in [9.17, 15) is 18.0 Å². The minimum absolute atomic E-state index is 0. The zero-order chi connectivity index (χ0) is 18.7. The SMILES string of the molecule is CC(C)(N)C(=O)Nc1ccc(OCc2cccc(C(F)(F)F)c2)cc1.Cl. The fourth-order valence-corrected chi connectivity index (χ4v) is 1.93. The molecular formula is C18H20ClF3N2O2. The van der Waals surface area contributed by atoms with Crippen molar-refractivity contribution >= 4 is 24.0 Å². The Morgan fingerprint density at radius 1 is 1.12 bits per heavy atom. The van der Waals surface area contributed by atoms with E-state index < -0.39 is 17.3 Å². The molecule has 0 aliphatic carbocycles. The number of ether oxygens (including phenoxy) is 1. The molecule has 0 spiro atoms. The second-order valence-electron chi connectivity index (χ2n) is 6.19. The quantitative estimate of drug-likeness (QED) is 0.798. The van der Waals surface area contributed by atoms with Gasteiger partial charge in [-0.1, -0.05) is 12.1 Å². The second-order valence-corrected chi connectivity index (χ2v) is 6.19. The van der Waals surface area contributed by atoms with Crippen LogP contribution in [0.4, 0.5) is 18.9 Å². The van der Waals surface area contributed by atoms with Gasteiger partial charge in [0.2, 0.25) is 5.91 Å². The molecule has 0 bridgehead atoms. The molecule has 4 nitrogen and oxygen atoms in total. The lowest BCUT2D eigenvalue weighted by Crippen LogP contribution is -2.45. The van der Waals surface area contributed by atoms with Gasteiger partial charge < -0.3 is 15.8 Å². The van der Waals surface area contributed by atoms with Crippen molar-refractivity contribution in [3.63, 3.8) is 0 Å². The van der Waals surface area contributed by atoms with E-state index in [1.54, 1.807) is 44.2 Å². The third-order valence-electron chi connectivity index (χ3n) is 3.36. The molecule has 26 heavy (non-hydrogen) atoms. The number of carbonyl (C=O) groups excluding carboxylic acids is 1. The van der Waals surface area contributed by atoms with Gasteiger partial charge in [0, 0.05) is 5.69 Å². The van der Waals surface area contributed by atoms with E-state index in [1.807, 2.05) is 0 Å². The first-order chi connectivity index (χ1) is 11.6. The normalized spacial score (nSPS) is 11.5. The highest BCUT2D eigenvalue weighted by Gasteiger charge is 2.30. The molecule has 0 heterocycles. The summed E-state index contributed by atoms with van der Waals surface area (Å²) in [5.74, 6) is 0.146. The Hall–Kier alpha value is -2.25. The summed E-state index contributed by atoms with van der Waals surface area (Å²) in [7, 11) is 0. The average Bonchev–Trinajstić information content (AvgIpc) is 2.53. The molecule has 3 N–H and O–H groups in total. The lowest BCUT2D eigenvalue weighted by molar-refractivity contribution is -0.137. The predicted molar refractivity (Wildman–Crippen MR) is 96.4 cm³/mol. The molecule has 0 fully saturated rings. The number of hydrogen-bond acceptors (Lipinski definition) is 3. The maximum absolute atomic E-state index is 12.7. The number of amides is 1. The van der Waals surface area contributed by atoms with Crippen LogP contribution in [-0.4, -0.2) is 11.4 Å². The van der Waals surface area contributed by atoms with Crippen molar-refractivity contribution in [3.05, 3.63) is 59.7 Å². The first-order valence-corrected chi connectivity index (χ1v) is 7.55. The largest absolute Gasteiger partial charge is 0.489 e. The van der Waals surface area contributed by atoms with Crippen molar-refractivity contribution in [1.29, 1.82) is 0 Å². The van der Waals surface area contributed by atoms with Crippen LogP contribution in [0.5, 0.6) is 5.75 Å². The third-order valence-corrected chi connectivity index (χ3v) is 3.36. The van der Waals surface area contributed by atoms with Gasteiger partial charge >= 0.3 is 6.18 Å². The first kappa shape index (κ1) is 21.8. The van der Waals surface area contributed by atoms with E-state index in [1.165, 1.54) is 6.07 Å². The van der Waals surface area contributed by atoms with E-state index in [-0.39, 0.29) is 24.9 Å². The summed E-state index contributed by atoms with van der Waals surface area (Å²) < 4.78 is 43.5. The van der Waals surface area contributed by atoms with Gasteiger partial charge in [0.05, 0.1) is 11.1 Å². The summed E-state index contributed by atoms with van der Waals surface area (Å²) in [5.41, 5.74) is 4.95. The molecule has 8 heteroatoms. The van der Waals surface area contributed by atoms with Crippen molar-refractivity contribution in [2.45, 2.75) is 32.2 Å². The number of benzene rings is 2. The highest BCUT2D eigenvalue weighted by molar-refractivity contribution is 5.97. The molecule has 1 amide bonds. The maximum atomic E-state index is 12.7. The van der Waals surface area contributed by atoms with Crippen molar-refractivity contribution < 1.29 is 22.7 Å². The molecule has 0 aromatic heterocycles. The van der Waals surface area contributed by atoms with Gasteiger partial charge in [0.25, 0.3) is 0 Å². The van der Waals surface area contributed by atoms with Crippen LogP contribution in [0.3, 0.4) is 0 Å². The molecule has 0 aliphatic heterocycles. The summed E-state index contributed by atoms with van der Waals surface area (Å²) in [4.78, 5) is 11.8. The molecule has 0 aliphatic rings. The van der Waals surface area contributed by atoms with Crippen LogP contribution in [0.15, 0.2) is 48.5 Å². The molecule has 2 rings (SSSR count). The Morgan fingerprint density at radius 3 is 2.27 bits per heavy atom. The standard InChI is InChI=1S/C18H19F3N2O2.ClH/c1-17(2,22)16(24)23-14-6-8-15(9-7-14)25-11-12-4-3-5-13(10-12)18(19,20)21;/h3-10H,11,22H2,1-2H3,(H,23,24);1H. The van der Waals surface area contributed by atoms with E-state index in [0.717, 1.165) is 12.1 Å². The minimum atomic E-state index is -4.38. The van der Waals surface area contributed by atoms with E-state index in [4.69, 9.17) is 10.5 Å². The molecule has 0 saturated heterocycles. The Balaban J connectivity index is 0.00000338. The lowest BCUT2D eigenvalue weighted by atomic mass is 10.1. The molecule has 2 aromatic rings. The van der Waals surface area contributed by atoms with Gasteiger partial charge in [-0.05, 0) is 55.8 Å². The second kappa shape index (κ2) is 8.42. The molecular weight excluding hydrogens is 369 g/mol. The Kier molecular flexibility index (Phi) is 7.06. The number of alkyl halides is 3. The predicted octanol–water partition coefficient (Wildman–Crippen LogP) is 4.38. The van der Waals surface area contributed by atoms with Crippen molar-refractivity contribution in [3.8, 4) is 5.75 Å². The van der Waals surface area contributed by atoms with Gasteiger partial charge in [-0.25, -0.2) is 0 Å². The Bertz CT molecular complexity index is 741. The van der Waals surface area contributed by atoms with Crippen LogP contribution < -0.4 is 15.8 Å². The summed E-state index contributed by atoms with van der Waals surface area (Å²) in [6.45, 7) is 3.19. The molecule has 0 radical (unpaired) electrons. The number of anilines is 1. The molecule has 142 valence electrons. The van der Waals surface area contributed by atoms with Gasteiger partial charge in [-0.15, -0.1) is 12.4 Å². The minimum Gasteiger partial charge on any atom is -0.489 e. The Morgan fingerprint density at radius 2 is 1.73 bits per heavy atom. The van der Waals surface area contributed by atoms with Crippen LogP contribution in [0, 0.1) is 0 Å². The van der Waals surface area contributed by atoms with Crippen LogP contribution in [0.1, 0.15) is 25.0 Å². The van der Waals surface area contributed by atoms with Crippen LogP contribution >= 0.6 is 12.4 Å². The first-order valence-electron chi connectivity index (χ1n) is 7.55. The number of hydrogen-bond donors (Lipinski definition) is 2. The van der Waals surface area contributed by atoms with Crippen LogP contribution in [0.25, 0.3) is 0 Å². The van der Waals surface area contributed by atoms with E-state index >= 15 is 0 Å². The monoisotopic (exact) mass is 388 g/mol. The topological polar surface area (TPSA) is 64.4 Å². The number of carbonyl (C=O) groups is 1. The van der Waals surface area contributed by atoms with E-state index in [0.29, 0.717) is 17.0 Å². The van der Waals surface area contributed by atoms with Crippen molar-refractivity contribution in [2.24, 2.45) is 5.73 Å². The highest BCUT2D eigenvalue weighted by atomic mass is 35.5. The zero-order valence-corrected chi connectivity index (χ0v) is 15.1. The van der Waals surface area contributed by atoms with Gasteiger partial charge in [0.1, 0.15) is 12.4 Å². The number of halogens is 4. The van der Waals surface area contributed by atoms with Crippen molar-refractivity contribution in [2.75, 3.05) is 5.32 Å². The van der Waals surface area contributed by atoms with Gasteiger partial charge in [-0.2, -0.15) is 13.2 Å². The fraction of sp³-hybridized carbons (Fsp3) is 0.278. The van der Waals surface area contributed by atoms with E-state index in [2.05, 4.69) is 5.32 Å². The zero-order valence-electron chi connectivity index (χ0n) is 14.3. The highest BCUT2D eigenvalue weighted by Crippen LogP contribution is 2.29. The summed E-state index contributed by atoms with van der Waals surface area (Å²) in [6.07, 6.45) is -4.38. The number of nitrogens with two attached hydrogens (primary N) is 1. The summed E-state index contributed by atoms with van der Waals surface area (Å²) in [5, 5.41) is 2.66. The summed E-state index contributed by atoms with van der Waals surface area (Å²) >= 11 is 0. The van der Waals surface area contributed by atoms with Gasteiger partial charge in [-0.3, -0.25) is 4.79 Å². The van der Waals surface area contributed by atoms with Gasteiger partial charge in [0.15, 0.2) is 0 Å². The summed E-state index contributed by atoms with van der Waals surface area (Å²) in [6, 6.07) is 11.5. The van der Waals surface area contributed by atoms with Crippen LogP contribution in [-0.2, 0) is 17.6 Å². The molecule has 2 aromatic carbocycles. The molecule has 0 atom stereocenters. The smallest absolute Gasteiger partial charge is 0.416 e. The molecule has 0 saturated carbocycles. The maximum Gasteiger partial charge on any atom is 0.416 e. The molecule has 0 unspecified atom stereocenters. The number of nitrogens with one attached hydrogen (secondary N) is 1. The van der Waals surface area contributed by atoms with Crippen molar-refractivity contribution in [1.82, 2.24) is 0 Å². The fourth-order valence-electron chi connectivity index (χ4n) is 1.93. The lowest BCUT2D eigenvalue weighted by Gasteiger charge is -2.17. The average molecular weight is 389 g/mol. The Labute approximate surface area is 155 Å². The van der Waals surface area contributed by atoms with Crippen LogP contribution in [0.2, 0.25) is 0 Å². The third kappa shape index (κ3) is 6.24. The number of rotatable bonds is 5.